The predicted molar refractivity (Wildman–Crippen MR) is 133 cm³/mol. The Bertz CT molecular complexity index is 1590. The van der Waals surface area contributed by atoms with Crippen molar-refractivity contribution in [1.82, 2.24) is 4.31 Å². The third kappa shape index (κ3) is 5.88. The van der Waals surface area contributed by atoms with E-state index in [2.05, 4.69) is 0 Å². The summed E-state index contributed by atoms with van der Waals surface area (Å²) in [5.41, 5.74) is -2.98. The lowest BCUT2D eigenvalue weighted by Crippen LogP contribution is -2.48. The van der Waals surface area contributed by atoms with Gasteiger partial charge in [-0.25, -0.2) is 8.42 Å². The molecular formula is C27H22F3N3O6S. The highest BCUT2D eigenvalue weighted by molar-refractivity contribution is 7.89. The van der Waals surface area contributed by atoms with Gasteiger partial charge < -0.3 is 19.7 Å². The van der Waals surface area contributed by atoms with Crippen molar-refractivity contribution in [3.63, 3.8) is 0 Å². The van der Waals surface area contributed by atoms with Crippen LogP contribution in [0, 0.1) is 22.7 Å². The first-order valence-electron chi connectivity index (χ1n) is 11.7. The van der Waals surface area contributed by atoms with E-state index in [1.54, 1.807) is 0 Å². The molecule has 2 atom stereocenters. The minimum absolute atomic E-state index is 0.0540. The van der Waals surface area contributed by atoms with Crippen LogP contribution in [0.2, 0.25) is 0 Å². The number of nitrogens with zero attached hydrogens (tertiary/aromatic N) is 3. The van der Waals surface area contributed by atoms with E-state index < -0.39 is 63.6 Å². The Balaban J connectivity index is 1.62. The van der Waals surface area contributed by atoms with Crippen molar-refractivity contribution >= 4 is 10.0 Å². The molecule has 3 aromatic rings. The second kappa shape index (κ2) is 11.2. The molecule has 0 aromatic heterocycles. The van der Waals surface area contributed by atoms with Crippen LogP contribution >= 0.6 is 0 Å². The second-order valence-electron chi connectivity index (χ2n) is 9.03. The van der Waals surface area contributed by atoms with E-state index >= 15 is 0 Å². The quantitative estimate of drug-likeness (QED) is 0.418. The summed E-state index contributed by atoms with van der Waals surface area (Å²) in [6.07, 6.45) is -6.14. The van der Waals surface area contributed by atoms with Gasteiger partial charge in [-0.2, -0.15) is 28.0 Å². The molecule has 0 aliphatic carbocycles. The van der Waals surface area contributed by atoms with Crippen LogP contribution in [0.1, 0.15) is 22.3 Å². The minimum atomic E-state index is -4.79. The van der Waals surface area contributed by atoms with Crippen molar-refractivity contribution in [2.75, 3.05) is 19.7 Å². The number of aliphatic hydroxyl groups excluding tert-OH is 1. The summed E-state index contributed by atoms with van der Waals surface area (Å²) in [5.74, 6) is 0.178. The van der Waals surface area contributed by atoms with Crippen LogP contribution in [0.3, 0.4) is 0 Å². The molecule has 40 heavy (non-hydrogen) atoms. The highest BCUT2D eigenvalue weighted by Crippen LogP contribution is 2.37. The first-order chi connectivity index (χ1) is 18.9. The first kappa shape index (κ1) is 28.9. The molecular weight excluding hydrogens is 551 g/mol. The van der Waals surface area contributed by atoms with Crippen LogP contribution in [0.25, 0.3) is 0 Å². The van der Waals surface area contributed by atoms with Gasteiger partial charge in [-0.1, -0.05) is 30.3 Å². The zero-order valence-electron chi connectivity index (χ0n) is 20.7. The normalized spacial score (nSPS) is 19.5. The van der Waals surface area contributed by atoms with Crippen LogP contribution in [-0.2, 0) is 22.8 Å². The van der Waals surface area contributed by atoms with Crippen LogP contribution in [0.15, 0.2) is 71.6 Å². The minimum Gasteiger partial charge on any atom is -0.485 e. The fraction of sp³-hybridized carbons (Fsp3) is 0.259. The van der Waals surface area contributed by atoms with Gasteiger partial charge in [0.05, 0.1) is 40.8 Å². The maximum absolute atomic E-state index is 13.4. The molecule has 0 saturated carbocycles. The van der Waals surface area contributed by atoms with Gasteiger partial charge in [-0.3, -0.25) is 0 Å². The first-order valence-corrected chi connectivity index (χ1v) is 13.2. The number of rotatable bonds is 8. The largest absolute Gasteiger partial charge is 0.485 e. The number of alkyl halides is 3. The lowest BCUT2D eigenvalue weighted by atomic mass is 10.0. The van der Waals surface area contributed by atoms with Gasteiger partial charge in [0.1, 0.15) is 24.4 Å². The van der Waals surface area contributed by atoms with Crippen LogP contribution < -0.4 is 9.47 Å². The van der Waals surface area contributed by atoms with Crippen molar-refractivity contribution < 1.29 is 41.3 Å². The maximum Gasteiger partial charge on any atom is 0.416 e. The number of hydrogen-bond donors (Lipinski definition) is 2. The number of nitriles is 2. The fourth-order valence-electron chi connectivity index (χ4n) is 4.14. The highest BCUT2D eigenvalue weighted by Gasteiger charge is 2.51. The molecule has 1 aliphatic heterocycles. The van der Waals surface area contributed by atoms with E-state index in [1.165, 1.54) is 24.3 Å². The van der Waals surface area contributed by atoms with Crippen molar-refractivity contribution in [2.45, 2.75) is 29.4 Å². The van der Waals surface area contributed by atoms with E-state index in [0.29, 0.717) is 18.2 Å². The van der Waals surface area contributed by atoms with Crippen LogP contribution in [0.5, 0.6) is 11.5 Å². The Hall–Kier alpha value is -4.14. The van der Waals surface area contributed by atoms with Gasteiger partial charge >= 0.3 is 6.18 Å². The number of benzene rings is 3. The van der Waals surface area contributed by atoms with Crippen LogP contribution in [0.4, 0.5) is 13.2 Å². The maximum atomic E-state index is 13.4. The Morgan fingerprint density at radius 1 is 1.02 bits per heavy atom. The molecule has 0 spiro atoms. The van der Waals surface area contributed by atoms with E-state index in [1.807, 2.05) is 36.4 Å². The lowest BCUT2D eigenvalue weighted by molar-refractivity contribution is -0.137. The standard InChI is InChI=1S/C27H22F3N3O6S/c28-27(29,30)21-7-9-24(20(11-21)13-32)40(36,37)33-14-25(26(35,16-33)17-34)39-22-8-6-19(12-31)10-23(22)38-15-18-4-2-1-3-5-18/h1-11,25,34-35H,14-17H2/t25-,26+/m0/s1. The van der Waals surface area contributed by atoms with Gasteiger partial charge in [0, 0.05) is 12.6 Å². The van der Waals surface area contributed by atoms with E-state index in [0.717, 1.165) is 9.87 Å². The Labute approximate surface area is 227 Å². The zero-order valence-corrected chi connectivity index (χ0v) is 21.5. The van der Waals surface area contributed by atoms with Gasteiger partial charge in [-0.15, -0.1) is 0 Å². The molecule has 13 heteroatoms. The Kier molecular flexibility index (Phi) is 8.05. The zero-order chi connectivity index (χ0) is 29.1. The van der Waals surface area contributed by atoms with Gasteiger partial charge in [0.15, 0.2) is 11.5 Å². The third-order valence-electron chi connectivity index (χ3n) is 6.32. The molecule has 1 heterocycles. The van der Waals surface area contributed by atoms with Gasteiger partial charge in [-0.05, 0) is 35.9 Å². The van der Waals surface area contributed by atoms with Crippen molar-refractivity contribution in [2.24, 2.45) is 0 Å². The molecule has 1 saturated heterocycles. The predicted octanol–water partition coefficient (Wildman–Crippen LogP) is 3.20. The average Bonchev–Trinajstić information content (AvgIpc) is 3.29. The number of sulfonamides is 1. The number of ether oxygens (including phenoxy) is 2. The fourth-order valence-corrected chi connectivity index (χ4v) is 5.77. The summed E-state index contributed by atoms with van der Waals surface area (Å²) >= 11 is 0. The summed E-state index contributed by atoms with van der Waals surface area (Å²) in [6, 6.07) is 18.4. The molecule has 208 valence electrons. The molecule has 0 bridgehead atoms. The number of halogens is 3. The molecule has 1 aliphatic rings. The smallest absolute Gasteiger partial charge is 0.416 e. The van der Waals surface area contributed by atoms with Crippen molar-refractivity contribution in [3.05, 3.63) is 89.0 Å². The third-order valence-corrected chi connectivity index (χ3v) is 8.19. The molecule has 2 N–H and O–H groups in total. The highest BCUT2D eigenvalue weighted by atomic mass is 32.2. The second-order valence-corrected chi connectivity index (χ2v) is 10.9. The molecule has 1 fully saturated rings. The molecule has 4 rings (SSSR count). The summed E-state index contributed by atoms with van der Waals surface area (Å²) < 4.78 is 78.5. The lowest BCUT2D eigenvalue weighted by Gasteiger charge is -2.27. The molecule has 9 nitrogen and oxygen atoms in total. The Morgan fingerprint density at radius 2 is 1.75 bits per heavy atom. The van der Waals surface area contributed by atoms with E-state index in [4.69, 9.17) is 9.47 Å². The summed E-state index contributed by atoms with van der Waals surface area (Å²) in [4.78, 5) is -0.686. The van der Waals surface area contributed by atoms with Crippen molar-refractivity contribution in [1.29, 1.82) is 10.5 Å². The van der Waals surface area contributed by atoms with Gasteiger partial charge in [0.25, 0.3) is 0 Å². The number of aliphatic hydroxyl groups is 2. The summed E-state index contributed by atoms with van der Waals surface area (Å²) in [6.45, 7) is -1.99. The molecule has 0 amide bonds. The van der Waals surface area contributed by atoms with Crippen molar-refractivity contribution in [3.8, 4) is 23.6 Å². The monoisotopic (exact) mass is 573 g/mol. The van der Waals surface area contributed by atoms with E-state index in [-0.39, 0.29) is 23.7 Å². The SMILES string of the molecule is N#Cc1ccc(O[C@H]2CN(S(=O)(=O)c3ccc(C(F)(F)F)cc3C#N)C[C@@]2(O)CO)c(OCc2ccccc2)c1. The molecule has 0 radical (unpaired) electrons. The summed E-state index contributed by atoms with van der Waals surface area (Å²) in [7, 11) is -4.60. The van der Waals surface area contributed by atoms with Crippen LogP contribution in [-0.4, -0.2) is 54.3 Å². The number of hydrogen-bond acceptors (Lipinski definition) is 8. The van der Waals surface area contributed by atoms with Gasteiger partial charge in [0.2, 0.25) is 10.0 Å². The number of β-amino-alcohol motifs (C(OH)–C–C–N with tert-alkyl or cyclic N) is 1. The molecule has 0 unspecified atom stereocenters. The Morgan fingerprint density at radius 3 is 2.38 bits per heavy atom. The topological polar surface area (TPSA) is 144 Å². The summed E-state index contributed by atoms with van der Waals surface area (Å²) in [5, 5.41) is 39.7. The van der Waals surface area contributed by atoms with E-state index in [9.17, 15) is 42.3 Å². The molecule has 3 aromatic carbocycles. The average molecular weight is 574 g/mol.